The van der Waals surface area contributed by atoms with Gasteiger partial charge in [-0.1, -0.05) is 6.07 Å². The van der Waals surface area contributed by atoms with Crippen LogP contribution in [0.15, 0.2) is 51.8 Å². The summed E-state index contributed by atoms with van der Waals surface area (Å²) >= 11 is 0. The van der Waals surface area contributed by atoms with E-state index in [2.05, 4.69) is 16.0 Å². The van der Waals surface area contributed by atoms with Crippen LogP contribution in [0.1, 0.15) is 37.4 Å². The first kappa shape index (κ1) is 38.5. The summed E-state index contributed by atoms with van der Waals surface area (Å²) in [4.78, 5) is 65.5. The third kappa shape index (κ3) is 8.01. The van der Waals surface area contributed by atoms with Gasteiger partial charge in [0.15, 0.2) is 17.2 Å². The van der Waals surface area contributed by atoms with E-state index >= 15 is 0 Å². The molecule has 2 aliphatic carbocycles. The zero-order valence-electron chi connectivity index (χ0n) is 30.9. The van der Waals surface area contributed by atoms with Crippen LogP contribution in [0.4, 0.5) is 9.59 Å². The number of nitrogens with zero attached hydrogens (tertiary/aromatic N) is 2. The van der Waals surface area contributed by atoms with E-state index in [1.807, 2.05) is 19.2 Å². The van der Waals surface area contributed by atoms with Gasteiger partial charge in [0.05, 0.1) is 41.7 Å². The molecule has 6 rings (SSSR count). The SMILES string of the molecule is CCOC(=O)NC1=C(N2CC2)C(=O)C(NC(=O)OCC)=C(N2CC2)C1=O.CN[C@H]1CCc2cc(OC)c(OC)c(OC)c2-c2ccc(OC)c(=O)cc21. The maximum Gasteiger partial charge on any atom is 0.411 e. The van der Waals surface area contributed by atoms with E-state index in [1.54, 1.807) is 57.1 Å². The van der Waals surface area contributed by atoms with Crippen molar-refractivity contribution in [1.29, 1.82) is 0 Å². The predicted octanol–water partition coefficient (Wildman–Crippen LogP) is 2.64. The van der Waals surface area contributed by atoms with Crippen LogP contribution in [-0.2, 0) is 25.5 Å². The Morgan fingerprint density at radius 1 is 0.736 bits per heavy atom. The molecule has 0 spiro atoms. The first-order chi connectivity index (χ1) is 25.6. The minimum atomic E-state index is -0.810. The van der Waals surface area contributed by atoms with Gasteiger partial charge in [-0.15, -0.1) is 0 Å². The van der Waals surface area contributed by atoms with Crippen LogP contribution in [0.2, 0.25) is 0 Å². The van der Waals surface area contributed by atoms with Gasteiger partial charge in [0.2, 0.25) is 22.7 Å². The lowest BCUT2D eigenvalue weighted by atomic mass is 9.95. The Morgan fingerprint density at radius 2 is 1.26 bits per heavy atom. The van der Waals surface area contributed by atoms with Crippen LogP contribution in [-0.4, -0.2) is 108 Å². The molecule has 0 radical (unpaired) electrons. The molecule has 16 heteroatoms. The largest absolute Gasteiger partial charge is 0.493 e. The van der Waals surface area contributed by atoms with Crippen molar-refractivity contribution < 1.29 is 47.6 Å². The summed E-state index contributed by atoms with van der Waals surface area (Å²) < 4.78 is 31.7. The molecule has 3 N–H and O–H groups in total. The highest BCUT2D eigenvalue weighted by Crippen LogP contribution is 2.50. The lowest BCUT2D eigenvalue weighted by Crippen LogP contribution is -2.43. The Hall–Kier alpha value is -5.77. The van der Waals surface area contributed by atoms with Crippen molar-refractivity contribution >= 4 is 23.8 Å². The van der Waals surface area contributed by atoms with Gasteiger partial charge in [-0.2, -0.15) is 0 Å². The normalized spacial score (nSPS) is 17.0. The van der Waals surface area contributed by atoms with Gasteiger partial charge in [-0.3, -0.25) is 25.0 Å². The number of carbonyl (C=O) groups excluding carboxylic acids is 4. The monoisotopic (exact) mass is 735 g/mol. The molecule has 0 saturated carbocycles. The molecule has 2 saturated heterocycles. The minimum Gasteiger partial charge on any atom is -0.493 e. The van der Waals surface area contributed by atoms with E-state index in [1.165, 1.54) is 7.11 Å². The molecule has 284 valence electrons. The number of hydrogen-bond acceptors (Lipinski definition) is 14. The average molecular weight is 736 g/mol. The van der Waals surface area contributed by atoms with Crippen LogP contribution in [0.3, 0.4) is 0 Å². The van der Waals surface area contributed by atoms with Crippen LogP contribution < -0.4 is 40.3 Å². The molecule has 2 aromatic carbocycles. The molecule has 0 unspecified atom stereocenters. The Morgan fingerprint density at radius 3 is 1.70 bits per heavy atom. The topological polar surface area (TPSA) is 183 Å². The molecule has 1 atom stereocenters. The molecule has 2 fully saturated rings. The highest BCUT2D eigenvalue weighted by molar-refractivity contribution is 6.26. The van der Waals surface area contributed by atoms with E-state index in [-0.39, 0.29) is 47.5 Å². The Bertz CT molecular complexity index is 1860. The quantitative estimate of drug-likeness (QED) is 0.226. The van der Waals surface area contributed by atoms with Crippen LogP contribution in [0.5, 0.6) is 23.0 Å². The maximum absolute atomic E-state index is 13.0. The molecule has 2 aromatic rings. The summed E-state index contributed by atoms with van der Waals surface area (Å²) in [5.74, 6) is 0.988. The zero-order valence-corrected chi connectivity index (χ0v) is 30.9. The smallest absolute Gasteiger partial charge is 0.411 e. The molecule has 2 amide bonds. The Kier molecular flexibility index (Phi) is 12.1. The number of amides is 2. The first-order valence-corrected chi connectivity index (χ1v) is 17.2. The summed E-state index contributed by atoms with van der Waals surface area (Å²) in [7, 11) is 8.21. The molecule has 0 bridgehead atoms. The van der Waals surface area contributed by atoms with Gasteiger partial charge in [0.25, 0.3) is 0 Å². The van der Waals surface area contributed by atoms with Gasteiger partial charge in [-0.25, -0.2) is 9.59 Å². The Balaban J connectivity index is 0.000000204. The van der Waals surface area contributed by atoms with Gasteiger partial charge < -0.3 is 43.5 Å². The number of nitrogens with one attached hydrogen (secondary N) is 3. The number of methoxy groups -OCH3 is 4. The summed E-state index contributed by atoms with van der Waals surface area (Å²) in [6.45, 7) is 5.84. The van der Waals surface area contributed by atoms with Crippen molar-refractivity contribution in [3.8, 4) is 34.1 Å². The predicted molar refractivity (Wildman–Crippen MR) is 192 cm³/mol. The third-order valence-electron chi connectivity index (χ3n) is 8.96. The molecule has 53 heavy (non-hydrogen) atoms. The van der Waals surface area contributed by atoms with Crippen LogP contribution in [0, 0.1) is 0 Å². The van der Waals surface area contributed by atoms with Gasteiger partial charge in [-0.05, 0) is 68.6 Å². The fraction of sp³-hybridized carbons (Fsp3) is 0.432. The standard InChI is InChI=1S/C21H25NO5.C16H20N4O6/c1-22-15-8-6-12-10-18(25-3)20(26-4)21(27-5)19(12)13-7-9-17(24-2)16(23)11-14(13)15;1-3-25-15(23)17-9-11(19-5-6-19)14(22)10(18-16(24)26-4-2)12(13(9)21)20-7-8-20/h7,9-11,15,22H,6,8H2,1-5H3;3-8H2,1-2H3,(H,17,23)(H,18,24)/t15-;/m0./s1. The number of ether oxygens (including phenoxy) is 6. The van der Waals surface area contributed by atoms with Crippen molar-refractivity contribution in [2.75, 3.05) is 74.9 Å². The van der Waals surface area contributed by atoms with Gasteiger partial charge in [0, 0.05) is 37.8 Å². The Labute approximate surface area is 307 Å². The number of ketones is 2. The lowest BCUT2D eigenvalue weighted by molar-refractivity contribution is -0.118. The highest BCUT2D eigenvalue weighted by atomic mass is 16.6. The number of fused-ring (bicyclic) bond motifs is 3. The summed E-state index contributed by atoms with van der Waals surface area (Å²) in [6.07, 6.45) is 0.0206. The second-order valence-corrected chi connectivity index (χ2v) is 12.1. The van der Waals surface area contributed by atoms with Crippen LogP contribution >= 0.6 is 0 Å². The first-order valence-electron chi connectivity index (χ1n) is 17.2. The summed E-state index contributed by atoms with van der Waals surface area (Å²) in [5, 5.41) is 8.09. The van der Waals surface area contributed by atoms with E-state index in [0.717, 1.165) is 35.1 Å². The van der Waals surface area contributed by atoms with Crippen molar-refractivity contribution in [2.24, 2.45) is 0 Å². The number of alkyl carbamates (subject to hydrolysis) is 2. The number of benzene rings is 1. The maximum atomic E-state index is 13.0. The number of Topliss-reactive ketones (excluding diaryl/α,β-unsaturated/α-hetero) is 2. The fourth-order valence-electron chi connectivity index (χ4n) is 6.37. The number of aryl methyl sites for hydroxylation is 1. The second kappa shape index (κ2) is 16.7. The van der Waals surface area contributed by atoms with Crippen molar-refractivity contribution in [1.82, 2.24) is 25.8 Å². The molecule has 16 nitrogen and oxygen atoms in total. The lowest BCUT2D eigenvalue weighted by Gasteiger charge is -2.25. The van der Waals surface area contributed by atoms with Crippen molar-refractivity contribution in [3.05, 3.63) is 68.4 Å². The highest BCUT2D eigenvalue weighted by Gasteiger charge is 2.45. The molecule has 2 aliphatic heterocycles. The van der Waals surface area contributed by atoms with E-state index in [0.29, 0.717) is 49.2 Å². The van der Waals surface area contributed by atoms with E-state index in [4.69, 9.17) is 28.4 Å². The summed E-state index contributed by atoms with van der Waals surface area (Å²) in [6, 6.07) is 7.29. The van der Waals surface area contributed by atoms with Gasteiger partial charge in [0.1, 0.15) is 22.8 Å². The molecular weight excluding hydrogens is 690 g/mol. The third-order valence-corrected chi connectivity index (χ3v) is 8.96. The number of rotatable bonds is 11. The molecule has 4 aliphatic rings. The summed E-state index contributed by atoms with van der Waals surface area (Å²) in [5.41, 5.74) is 3.55. The zero-order chi connectivity index (χ0) is 38.4. The number of hydrogen-bond donors (Lipinski definition) is 3. The molecule has 2 heterocycles. The van der Waals surface area contributed by atoms with Crippen molar-refractivity contribution in [2.45, 2.75) is 32.7 Å². The fourth-order valence-corrected chi connectivity index (χ4v) is 6.37. The molecular formula is C37H45N5O11. The van der Waals surface area contributed by atoms with Gasteiger partial charge >= 0.3 is 12.2 Å². The second-order valence-electron chi connectivity index (χ2n) is 12.1. The van der Waals surface area contributed by atoms with E-state index in [9.17, 15) is 24.0 Å². The van der Waals surface area contributed by atoms with Crippen LogP contribution in [0.25, 0.3) is 11.1 Å². The minimum absolute atomic E-state index is 0.0268. The van der Waals surface area contributed by atoms with Crippen molar-refractivity contribution in [3.63, 3.8) is 0 Å². The van der Waals surface area contributed by atoms with E-state index < -0.39 is 23.8 Å². The number of carbonyl (C=O) groups is 4. The molecule has 0 aromatic heterocycles. The average Bonchev–Trinajstić information content (AvgIpc) is 4.06.